The van der Waals surface area contributed by atoms with Gasteiger partial charge in [0.25, 0.3) is 5.56 Å². The van der Waals surface area contributed by atoms with Gasteiger partial charge in [0, 0.05) is 18.8 Å². The van der Waals surface area contributed by atoms with Crippen LogP contribution in [0.2, 0.25) is 15.1 Å². The van der Waals surface area contributed by atoms with Crippen LogP contribution in [0, 0.1) is 0 Å². The number of rotatable bonds is 4. The van der Waals surface area contributed by atoms with Crippen LogP contribution in [0.15, 0.2) is 35.3 Å². The van der Waals surface area contributed by atoms with Crippen LogP contribution in [0.3, 0.4) is 0 Å². The molecule has 0 radical (unpaired) electrons. The quantitative estimate of drug-likeness (QED) is 0.791. The first kappa shape index (κ1) is 16.2. The van der Waals surface area contributed by atoms with Crippen molar-refractivity contribution in [2.24, 2.45) is 0 Å². The van der Waals surface area contributed by atoms with Crippen molar-refractivity contribution in [2.75, 3.05) is 5.32 Å². The Kier molecular flexibility index (Phi) is 5.20. The molecule has 0 aliphatic heterocycles. The molecule has 0 aliphatic rings. The van der Waals surface area contributed by atoms with E-state index in [0.29, 0.717) is 21.6 Å². The first-order chi connectivity index (χ1) is 9.93. The predicted molar refractivity (Wildman–Crippen MR) is 89.9 cm³/mol. The Morgan fingerprint density at radius 1 is 1.14 bits per heavy atom. The Balaban J connectivity index is 2.28. The van der Waals surface area contributed by atoms with Crippen molar-refractivity contribution in [1.29, 1.82) is 0 Å². The van der Waals surface area contributed by atoms with Crippen molar-refractivity contribution in [2.45, 2.75) is 26.4 Å². The fraction of sp³-hybridized carbons (Fsp3) is 0.267. The van der Waals surface area contributed by atoms with Gasteiger partial charge in [-0.25, -0.2) is 0 Å². The molecular weight excluding hydrogens is 331 g/mol. The Hall–Kier alpha value is -1.16. The van der Waals surface area contributed by atoms with E-state index in [9.17, 15) is 4.79 Å². The SMILES string of the molecule is CCn1cc(NC(C)c2ccc(Cl)c(Cl)c2Cl)ccc1=O. The van der Waals surface area contributed by atoms with Crippen LogP contribution in [-0.4, -0.2) is 4.57 Å². The highest BCUT2D eigenvalue weighted by atomic mass is 35.5. The predicted octanol–water partition coefficient (Wildman–Crippen LogP) is 5.00. The van der Waals surface area contributed by atoms with Crippen molar-refractivity contribution in [3.63, 3.8) is 0 Å². The van der Waals surface area contributed by atoms with Crippen molar-refractivity contribution >= 4 is 40.5 Å². The minimum Gasteiger partial charge on any atom is -0.377 e. The monoisotopic (exact) mass is 344 g/mol. The Labute approximate surface area is 138 Å². The molecular formula is C15H15Cl3N2O. The van der Waals surface area contributed by atoms with Gasteiger partial charge in [0.05, 0.1) is 26.8 Å². The molecule has 1 atom stereocenters. The lowest BCUT2D eigenvalue weighted by atomic mass is 10.1. The average Bonchev–Trinajstić information content (AvgIpc) is 2.46. The molecule has 0 saturated heterocycles. The fourth-order valence-electron chi connectivity index (χ4n) is 2.07. The van der Waals surface area contributed by atoms with E-state index < -0.39 is 0 Å². The van der Waals surface area contributed by atoms with Crippen LogP contribution in [0.1, 0.15) is 25.5 Å². The Morgan fingerprint density at radius 2 is 1.86 bits per heavy atom. The number of aromatic nitrogens is 1. The van der Waals surface area contributed by atoms with Gasteiger partial charge < -0.3 is 9.88 Å². The maximum atomic E-state index is 11.6. The summed E-state index contributed by atoms with van der Waals surface area (Å²) in [4.78, 5) is 11.6. The summed E-state index contributed by atoms with van der Waals surface area (Å²) in [5, 5.41) is 4.52. The van der Waals surface area contributed by atoms with Gasteiger partial charge in [0.2, 0.25) is 0 Å². The molecule has 1 N–H and O–H groups in total. The third-order valence-electron chi connectivity index (χ3n) is 3.24. The maximum absolute atomic E-state index is 11.6. The number of halogens is 3. The second kappa shape index (κ2) is 6.73. The summed E-state index contributed by atoms with van der Waals surface area (Å²) in [7, 11) is 0. The summed E-state index contributed by atoms with van der Waals surface area (Å²) in [6, 6.07) is 6.77. The standard InChI is InChI=1S/C15H15Cl3N2O/c1-3-20-8-10(4-7-13(20)21)19-9(2)11-5-6-12(16)15(18)14(11)17/h4-9,19H,3H2,1-2H3. The highest BCUT2D eigenvalue weighted by molar-refractivity contribution is 6.48. The van der Waals surface area contributed by atoms with Crippen LogP contribution >= 0.6 is 34.8 Å². The minimum atomic E-state index is -0.0740. The molecule has 1 unspecified atom stereocenters. The van der Waals surface area contributed by atoms with Crippen molar-refractivity contribution < 1.29 is 0 Å². The van der Waals surface area contributed by atoms with Crippen molar-refractivity contribution in [1.82, 2.24) is 4.57 Å². The van der Waals surface area contributed by atoms with Crippen LogP contribution in [-0.2, 0) is 6.54 Å². The lowest BCUT2D eigenvalue weighted by Gasteiger charge is -2.18. The second-order valence-electron chi connectivity index (χ2n) is 4.67. The van der Waals surface area contributed by atoms with E-state index in [-0.39, 0.29) is 11.6 Å². The molecule has 21 heavy (non-hydrogen) atoms. The van der Waals surface area contributed by atoms with E-state index in [4.69, 9.17) is 34.8 Å². The molecule has 1 heterocycles. The number of hydrogen-bond acceptors (Lipinski definition) is 2. The van der Waals surface area contributed by atoms with E-state index in [1.54, 1.807) is 22.9 Å². The molecule has 6 heteroatoms. The van der Waals surface area contributed by atoms with E-state index in [2.05, 4.69) is 5.32 Å². The Bertz CT molecular complexity index is 713. The summed E-state index contributed by atoms with van der Waals surface area (Å²) in [6.45, 7) is 4.51. The lowest BCUT2D eigenvalue weighted by Crippen LogP contribution is -2.18. The molecule has 0 bridgehead atoms. The van der Waals surface area contributed by atoms with Gasteiger partial charge in [-0.15, -0.1) is 0 Å². The number of nitrogens with zero attached hydrogens (tertiary/aromatic N) is 1. The Morgan fingerprint density at radius 3 is 2.52 bits per heavy atom. The zero-order valence-corrected chi connectivity index (χ0v) is 13.9. The largest absolute Gasteiger partial charge is 0.377 e. The van der Waals surface area contributed by atoms with Gasteiger partial charge in [0.1, 0.15) is 0 Å². The fourth-order valence-corrected chi connectivity index (χ4v) is 2.77. The van der Waals surface area contributed by atoms with E-state index in [0.717, 1.165) is 11.3 Å². The van der Waals surface area contributed by atoms with Crippen molar-refractivity contribution in [3.05, 3.63) is 61.4 Å². The van der Waals surface area contributed by atoms with Gasteiger partial charge in [0.15, 0.2) is 0 Å². The van der Waals surface area contributed by atoms with Gasteiger partial charge >= 0.3 is 0 Å². The topological polar surface area (TPSA) is 34.0 Å². The molecule has 1 aromatic carbocycles. The number of aryl methyl sites for hydroxylation is 1. The van der Waals surface area contributed by atoms with Gasteiger partial charge in [-0.2, -0.15) is 0 Å². The molecule has 1 aromatic heterocycles. The number of hydrogen-bond donors (Lipinski definition) is 1. The number of anilines is 1. The number of pyridine rings is 1. The molecule has 0 fully saturated rings. The summed E-state index contributed by atoms with van der Waals surface area (Å²) >= 11 is 18.2. The van der Waals surface area contributed by atoms with E-state index in [1.165, 1.54) is 6.07 Å². The molecule has 3 nitrogen and oxygen atoms in total. The van der Waals surface area contributed by atoms with Crippen LogP contribution in [0.25, 0.3) is 0 Å². The van der Waals surface area contributed by atoms with Gasteiger partial charge in [-0.1, -0.05) is 40.9 Å². The maximum Gasteiger partial charge on any atom is 0.250 e. The van der Waals surface area contributed by atoms with Crippen LogP contribution in [0.5, 0.6) is 0 Å². The lowest BCUT2D eigenvalue weighted by molar-refractivity contribution is 0.725. The summed E-state index contributed by atoms with van der Waals surface area (Å²) < 4.78 is 1.63. The summed E-state index contributed by atoms with van der Waals surface area (Å²) in [6.07, 6.45) is 1.78. The molecule has 2 aromatic rings. The molecule has 0 amide bonds. The molecule has 0 spiro atoms. The smallest absolute Gasteiger partial charge is 0.250 e. The van der Waals surface area contributed by atoms with E-state index in [1.807, 2.05) is 19.9 Å². The molecule has 0 aliphatic carbocycles. The molecule has 2 rings (SSSR count). The first-order valence-electron chi connectivity index (χ1n) is 6.54. The number of nitrogens with one attached hydrogen (secondary N) is 1. The van der Waals surface area contributed by atoms with Crippen LogP contribution in [0.4, 0.5) is 5.69 Å². The molecule has 0 saturated carbocycles. The van der Waals surface area contributed by atoms with Crippen molar-refractivity contribution in [3.8, 4) is 0 Å². The minimum absolute atomic E-state index is 0.0247. The summed E-state index contributed by atoms with van der Waals surface area (Å²) in [5.41, 5.74) is 1.66. The number of benzene rings is 1. The average molecular weight is 346 g/mol. The zero-order chi connectivity index (χ0) is 15.6. The van der Waals surface area contributed by atoms with E-state index >= 15 is 0 Å². The highest BCUT2D eigenvalue weighted by Crippen LogP contribution is 2.36. The normalized spacial score (nSPS) is 12.2. The third-order valence-corrected chi connectivity index (χ3v) is 4.55. The van der Waals surface area contributed by atoms with Gasteiger partial charge in [-0.3, -0.25) is 4.79 Å². The molecule has 112 valence electrons. The zero-order valence-electron chi connectivity index (χ0n) is 11.7. The highest BCUT2D eigenvalue weighted by Gasteiger charge is 2.14. The summed E-state index contributed by atoms with van der Waals surface area (Å²) in [5.74, 6) is 0. The first-order valence-corrected chi connectivity index (χ1v) is 7.67. The van der Waals surface area contributed by atoms with Gasteiger partial charge in [-0.05, 0) is 31.5 Å². The second-order valence-corrected chi connectivity index (χ2v) is 5.84. The van der Waals surface area contributed by atoms with Crippen LogP contribution < -0.4 is 10.9 Å². The third kappa shape index (κ3) is 3.54.